The van der Waals surface area contributed by atoms with E-state index in [1.165, 1.54) is 0 Å². The molecule has 0 aliphatic heterocycles. The van der Waals surface area contributed by atoms with E-state index in [1.807, 2.05) is 0 Å². The molecule has 106 valence electrons. The van der Waals surface area contributed by atoms with Gasteiger partial charge in [0.25, 0.3) is 0 Å². The van der Waals surface area contributed by atoms with Crippen LogP contribution in [0, 0.1) is 0 Å². The van der Waals surface area contributed by atoms with Gasteiger partial charge < -0.3 is 5.73 Å². The van der Waals surface area contributed by atoms with Crippen molar-refractivity contribution >= 4 is 38.7 Å². The number of sulfone groups is 1. The largest absolute Gasteiger partial charge is 0.398 e. The third-order valence-electron chi connectivity index (χ3n) is 2.75. The fraction of sp³-hybridized carbons (Fsp3) is 0.143. The molecule has 0 aliphatic rings. The fourth-order valence-electron chi connectivity index (χ4n) is 1.82. The summed E-state index contributed by atoms with van der Waals surface area (Å²) in [5, 5.41) is 1.00. The number of halogens is 2. The van der Waals surface area contributed by atoms with Crippen LogP contribution in [0.15, 0.2) is 42.5 Å². The van der Waals surface area contributed by atoms with Gasteiger partial charge in [0.1, 0.15) is 0 Å². The Morgan fingerprint density at radius 3 is 2.05 bits per heavy atom. The zero-order valence-electron chi connectivity index (χ0n) is 10.5. The van der Waals surface area contributed by atoms with Crippen LogP contribution in [-0.2, 0) is 21.3 Å². The van der Waals surface area contributed by atoms with Crippen molar-refractivity contribution in [1.82, 2.24) is 0 Å². The minimum atomic E-state index is -3.27. The summed E-state index contributed by atoms with van der Waals surface area (Å²) < 4.78 is 24.3. The highest BCUT2D eigenvalue weighted by Gasteiger charge is 2.14. The number of anilines is 1. The lowest BCUT2D eigenvalue weighted by Gasteiger charge is -2.06. The summed E-state index contributed by atoms with van der Waals surface area (Å²) in [7, 11) is -3.27. The van der Waals surface area contributed by atoms with Crippen LogP contribution in [0.1, 0.15) is 11.1 Å². The maximum Gasteiger partial charge on any atom is 0.158 e. The lowest BCUT2D eigenvalue weighted by atomic mass is 10.2. The van der Waals surface area contributed by atoms with Gasteiger partial charge in [-0.15, -0.1) is 0 Å². The number of nitrogen functional groups attached to an aromatic ring is 1. The Hall–Kier alpha value is -1.23. The summed E-state index contributed by atoms with van der Waals surface area (Å²) in [5.74, 6) is -0.107. The van der Waals surface area contributed by atoms with Crippen molar-refractivity contribution in [1.29, 1.82) is 0 Å². The van der Waals surface area contributed by atoms with Gasteiger partial charge in [-0.05, 0) is 35.4 Å². The van der Waals surface area contributed by atoms with Crippen molar-refractivity contribution in [3.05, 3.63) is 63.6 Å². The summed E-state index contributed by atoms with van der Waals surface area (Å²) in [4.78, 5) is 0. The van der Waals surface area contributed by atoms with Gasteiger partial charge in [-0.3, -0.25) is 0 Å². The molecule has 0 aromatic heterocycles. The molecule has 0 heterocycles. The zero-order chi connectivity index (χ0) is 14.8. The van der Waals surface area contributed by atoms with E-state index in [1.54, 1.807) is 42.5 Å². The van der Waals surface area contributed by atoms with Gasteiger partial charge in [0.2, 0.25) is 0 Å². The van der Waals surface area contributed by atoms with E-state index in [0.717, 1.165) is 0 Å². The van der Waals surface area contributed by atoms with Gasteiger partial charge in [-0.25, -0.2) is 8.42 Å². The monoisotopic (exact) mass is 329 g/mol. The van der Waals surface area contributed by atoms with Crippen LogP contribution >= 0.6 is 23.2 Å². The van der Waals surface area contributed by atoms with Gasteiger partial charge in [-0.1, -0.05) is 41.4 Å². The van der Waals surface area contributed by atoms with Crippen LogP contribution < -0.4 is 5.73 Å². The second-order valence-electron chi connectivity index (χ2n) is 4.51. The number of benzene rings is 2. The minimum Gasteiger partial charge on any atom is -0.398 e. The predicted octanol–water partition coefficient (Wildman–Crippen LogP) is 3.69. The Labute approximate surface area is 128 Å². The molecule has 0 bridgehead atoms. The molecule has 0 unspecified atom stereocenters. The number of nitrogens with two attached hydrogens (primary N) is 1. The molecule has 0 atom stereocenters. The van der Waals surface area contributed by atoms with Crippen molar-refractivity contribution in [3.63, 3.8) is 0 Å². The smallest absolute Gasteiger partial charge is 0.158 e. The number of hydrogen-bond donors (Lipinski definition) is 1. The van der Waals surface area contributed by atoms with E-state index in [4.69, 9.17) is 28.9 Å². The summed E-state index contributed by atoms with van der Waals surface area (Å²) in [6.45, 7) is 0. The molecular weight excluding hydrogens is 317 g/mol. The molecule has 20 heavy (non-hydrogen) atoms. The van der Waals surface area contributed by atoms with Crippen molar-refractivity contribution in [3.8, 4) is 0 Å². The molecule has 3 nitrogen and oxygen atoms in total. The van der Waals surface area contributed by atoms with E-state index < -0.39 is 9.84 Å². The fourth-order valence-corrected chi connectivity index (χ4v) is 3.56. The van der Waals surface area contributed by atoms with Crippen LogP contribution in [0.25, 0.3) is 0 Å². The van der Waals surface area contributed by atoms with Crippen LogP contribution in [0.5, 0.6) is 0 Å². The third kappa shape index (κ3) is 4.13. The summed E-state index contributed by atoms with van der Waals surface area (Å²) >= 11 is 11.6. The lowest BCUT2D eigenvalue weighted by molar-refractivity contribution is 0.594. The molecule has 0 radical (unpaired) electrons. The minimum absolute atomic E-state index is 0.0350. The van der Waals surface area contributed by atoms with Crippen LogP contribution in [0.4, 0.5) is 5.69 Å². The number of rotatable bonds is 4. The molecule has 2 aromatic carbocycles. The van der Waals surface area contributed by atoms with Crippen molar-refractivity contribution in [2.75, 3.05) is 5.73 Å². The van der Waals surface area contributed by atoms with Gasteiger partial charge in [-0.2, -0.15) is 0 Å². The maximum absolute atomic E-state index is 12.1. The number of hydrogen-bond acceptors (Lipinski definition) is 3. The highest BCUT2D eigenvalue weighted by molar-refractivity contribution is 7.89. The first kappa shape index (κ1) is 15.2. The van der Waals surface area contributed by atoms with Crippen molar-refractivity contribution in [2.45, 2.75) is 11.5 Å². The van der Waals surface area contributed by atoms with E-state index >= 15 is 0 Å². The summed E-state index contributed by atoms with van der Waals surface area (Å²) in [6.07, 6.45) is 0. The van der Waals surface area contributed by atoms with Crippen LogP contribution in [0.3, 0.4) is 0 Å². The highest BCUT2D eigenvalue weighted by Crippen LogP contribution is 2.22. The normalized spacial score (nSPS) is 11.5. The third-order valence-corrected chi connectivity index (χ3v) is 4.89. The first-order chi connectivity index (χ1) is 9.35. The second-order valence-corrected chi connectivity index (χ2v) is 7.42. The molecule has 2 rings (SSSR count). The van der Waals surface area contributed by atoms with E-state index in [9.17, 15) is 8.42 Å². The Morgan fingerprint density at radius 2 is 1.45 bits per heavy atom. The molecule has 2 aromatic rings. The maximum atomic E-state index is 12.1. The van der Waals surface area contributed by atoms with Crippen molar-refractivity contribution < 1.29 is 8.42 Å². The summed E-state index contributed by atoms with van der Waals surface area (Å²) in [6, 6.07) is 11.6. The van der Waals surface area contributed by atoms with Crippen LogP contribution in [0.2, 0.25) is 10.0 Å². The molecule has 0 amide bonds. The highest BCUT2D eigenvalue weighted by atomic mass is 35.5. The van der Waals surface area contributed by atoms with Crippen LogP contribution in [-0.4, -0.2) is 8.42 Å². The SMILES string of the molecule is Nc1cc(CS(=O)(=O)Cc2ccc(Cl)cc2)ccc1Cl. The standard InChI is InChI=1S/C14H13Cl2NO2S/c15-12-4-1-10(2-5-12)8-20(18,19)9-11-3-6-13(16)14(17)7-11/h1-7H,8-9,17H2. The first-order valence-electron chi connectivity index (χ1n) is 5.84. The molecule has 0 saturated carbocycles. The van der Waals surface area contributed by atoms with Gasteiger partial charge >= 0.3 is 0 Å². The molecule has 0 aliphatic carbocycles. The Balaban J connectivity index is 2.14. The molecule has 0 saturated heterocycles. The lowest BCUT2D eigenvalue weighted by Crippen LogP contribution is -2.08. The quantitative estimate of drug-likeness (QED) is 0.870. The van der Waals surface area contributed by atoms with E-state index in [-0.39, 0.29) is 11.5 Å². The van der Waals surface area contributed by atoms with E-state index in [2.05, 4.69) is 0 Å². The van der Waals surface area contributed by atoms with Crippen molar-refractivity contribution in [2.24, 2.45) is 0 Å². The predicted molar refractivity (Wildman–Crippen MR) is 83.6 cm³/mol. The molecule has 0 spiro atoms. The average molecular weight is 330 g/mol. The first-order valence-corrected chi connectivity index (χ1v) is 8.42. The topological polar surface area (TPSA) is 60.2 Å². The molecular formula is C14H13Cl2NO2S. The average Bonchev–Trinajstić information content (AvgIpc) is 2.36. The van der Waals surface area contributed by atoms with E-state index in [0.29, 0.717) is 26.9 Å². The second kappa shape index (κ2) is 6.04. The van der Waals surface area contributed by atoms with Gasteiger partial charge in [0.15, 0.2) is 9.84 Å². The molecule has 6 heteroatoms. The molecule has 0 fully saturated rings. The zero-order valence-corrected chi connectivity index (χ0v) is 12.8. The van der Waals surface area contributed by atoms with Gasteiger partial charge in [0, 0.05) is 5.02 Å². The Bertz CT molecular complexity index is 712. The van der Waals surface area contributed by atoms with Gasteiger partial charge in [0.05, 0.1) is 22.2 Å². The summed E-state index contributed by atoms with van der Waals surface area (Å²) in [5.41, 5.74) is 7.38. The Kier molecular flexibility index (Phi) is 4.58. The Morgan fingerprint density at radius 1 is 0.900 bits per heavy atom. The molecule has 2 N–H and O–H groups in total.